The van der Waals surface area contributed by atoms with Crippen LogP contribution in [0.3, 0.4) is 0 Å². The zero-order chi connectivity index (χ0) is 19.2. The van der Waals surface area contributed by atoms with Gasteiger partial charge in [-0.2, -0.15) is 0 Å². The number of hydrogen-bond acceptors (Lipinski definition) is 5. The van der Waals surface area contributed by atoms with Gasteiger partial charge in [0.25, 0.3) is 5.91 Å². The molecule has 1 amide bonds. The summed E-state index contributed by atoms with van der Waals surface area (Å²) < 4.78 is 1.83. The van der Waals surface area contributed by atoms with E-state index in [0.29, 0.717) is 18.7 Å². The minimum absolute atomic E-state index is 0.0608. The highest BCUT2D eigenvalue weighted by molar-refractivity contribution is 5.91. The Labute approximate surface area is 160 Å². The molecule has 1 aliphatic rings. The molecule has 1 aliphatic heterocycles. The van der Waals surface area contributed by atoms with Crippen molar-refractivity contribution in [1.29, 1.82) is 0 Å². The van der Waals surface area contributed by atoms with Gasteiger partial charge >= 0.3 is 0 Å². The lowest BCUT2D eigenvalue weighted by atomic mass is 10.0. The number of hydrogen-bond donors (Lipinski definition) is 2. The Morgan fingerprint density at radius 1 is 1.37 bits per heavy atom. The molecule has 1 saturated heterocycles. The van der Waals surface area contributed by atoms with E-state index in [0.717, 1.165) is 32.5 Å². The summed E-state index contributed by atoms with van der Waals surface area (Å²) in [4.78, 5) is 14.5. The smallest absolute Gasteiger partial charge is 0.273 e. The molecule has 0 bridgehead atoms. The number of likely N-dealkylation sites (tertiary alicyclic amines) is 1. The zero-order valence-electron chi connectivity index (χ0n) is 16.2. The third-order valence-corrected chi connectivity index (χ3v) is 5.11. The van der Waals surface area contributed by atoms with E-state index >= 15 is 0 Å². The molecule has 2 heterocycles. The first-order valence-corrected chi connectivity index (χ1v) is 9.66. The Balaban J connectivity index is 1.60. The summed E-state index contributed by atoms with van der Waals surface area (Å²) in [5, 5.41) is 19.8. The number of aliphatic hydroxyl groups excluding tert-OH is 1. The summed E-state index contributed by atoms with van der Waals surface area (Å²) >= 11 is 0. The fourth-order valence-corrected chi connectivity index (χ4v) is 3.59. The first-order chi connectivity index (χ1) is 13.1. The first-order valence-electron chi connectivity index (χ1n) is 9.66. The second kappa shape index (κ2) is 9.10. The van der Waals surface area contributed by atoms with E-state index < -0.39 is 0 Å². The molecule has 0 unspecified atom stereocenters. The molecular formula is C20H29N5O2. The van der Waals surface area contributed by atoms with Crippen molar-refractivity contribution in [1.82, 2.24) is 25.2 Å². The van der Waals surface area contributed by atoms with Crippen LogP contribution in [-0.2, 0) is 6.54 Å². The highest BCUT2D eigenvalue weighted by Crippen LogP contribution is 2.23. The average molecular weight is 371 g/mol. The Hall–Kier alpha value is -2.25. The number of piperidine rings is 1. The molecule has 1 atom stereocenters. The lowest BCUT2D eigenvalue weighted by molar-refractivity contribution is 0.0946. The molecule has 2 N–H and O–H groups in total. The molecule has 0 radical (unpaired) electrons. The third kappa shape index (κ3) is 5.14. The fraction of sp³-hybridized carbons (Fsp3) is 0.550. The zero-order valence-corrected chi connectivity index (χ0v) is 16.2. The lowest BCUT2D eigenvalue weighted by Gasteiger charge is -2.32. The summed E-state index contributed by atoms with van der Waals surface area (Å²) in [6.45, 7) is 7.71. The molecule has 27 heavy (non-hydrogen) atoms. The second-order valence-corrected chi connectivity index (χ2v) is 7.38. The summed E-state index contributed by atoms with van der Waals surface area (Å²) in [6.07, 6.45) is 4.42. The van der Waals surface area contributed by atoms with Gasteiger partial charge in [0, 0.05) is 26.2 Å². The first kappa shape index (κ1) is 19.5. The van der Waals surface area contributed by atoms with E-state index in [1.165, 1.54) is 16.7 Å². The van der Waals surface area contributed by atoms with E-state index in [1.807, 2.05) is 4.68 Å². The van der Waals surface area contributed by atoms with Gasteiger partial charge in [-0.05, 0) is 50.8 Å². The van der Waals surface area contributed by atoms with Gasteiger partial charge in [0.05, 0.1) is 12.2 Å². The van der Waals surface area contributed by atoms with Crippen molar-refractivity contribution in [3.05, 3.63) is 46.8 Å². The number of nitrogens with one attached hydrogen (secondary N) is 1. The fourth-order valence-electron chi connectivity index (χ4n) is 3.59. The van der Waals surface area contributed by atoms with Gasteiger partial charge in [-0.3, -0.25) is 9.69 Å². The van der Waals surface area contributed by atoms with Crippen molar-refractivity contribution in [2.75, 3.05) is 26.2 Å². The van der Waals surface area contributed by atoms with Crippen LogP contribution in [0.1, 0.15) is 52.5 Å². The van der Waals surface area contributed by atoms with Gasteiger partial charge < -0.3 is 10.4 Å². The highest BCUT2D eigenvalue weighted by atomic mass is 16.3. The maximum atomic E-state index is 12.1. The number of nitrogens with zero attached hydrogens (tertiary/aromatic N) is 4. The van der Waals surface area contributed by atoms with Crippen LogP contribution in [0.2, 0.25) is 0 Å². The maximum absolute atomic E-state index is 12.1. The predicted octanol–water partition coefficient (Wildman–Crippen LogP) is 1.84. The Morgan fingerprint density at radius 3 is 3.00 bits per heavy atom. The molecule has 7 heteroatoms. The van der Waals surface area contributed by atoms with Crippen molar-refractivity contribution in [3.8, 4) is 0 Å². The van der Waals surface area contributed by atoms with E-state index in [-0.39, 0.29) is 18.6 Å². The number of aryl methyl sites for hydroxylation is 2. The van der Waals surface area contributed by atoms with Gasteiger partial charge in [0.2, 0.25) is 0 Å². The number of carbonyl (C=O) groups is 1. The monoisotopic (exact) mass is 371 g/mol. The number of rotatable bonds is 7. The van der Waals surface area contributed by atoms with Crippen molar-refractivity contribution < 1.29 is 9.90 Å². The Kier molecular flexibility index (Phi) is 6.58. The number of carbonyl (C=O) groups excluding carboxylic acids is 1. The van der Waals surface area contributed by atoms with E-state index in [4.69, 9.17) is 5.11 Å². The summed E-state index contributed by atoms with van der Waals surface area (Å²) in [5.41, 5.74) is 4.32. The molecule has 1 aromatic carbocycles. The number of benzene rings is 1. The molecule has 1 aromatic heterocycles. The highest BCUT2D eigenvalue weighted by Gasteiger charge is 2.23. The van der Waals surface area contributed by atoms with Crippen molar-refractivity contribution in [2.45, 2.75) is 45.7 Å². The minimum Gasteiger partial charge on any atom is -0.396 e. The molecular weight excluding hydrogens is 342 g/mol. The van der Waals surface area contributed by atoms with E-state index in [9.17, 15) is 4.79 Å². The summed E-state index contributed by atoms with van der Waals surface area (Å²) in [5.74, 6) is -0.238. The summed E-state index contributed by atoms with van der Waals surface area (Å²) in [6, 6.07) is 6.85. The van der Waals surface area contributed by atoms with Crippen LogP contribution < -0.4 is 5.32 Å². The van der Waals surface area contributed by atoms with Crippen molar-refractivity contribution in [3.63, 3.8) is 0 Å². The van der Waals surface area contributed by atoms with Crippen LogP contribution in [0.15, 0.2) is 24.4 Å². The van der Waals surface area contributed by atoms with Crippen LogP contribution in [0, 0.1) is 13.8 Å². The van der Waals surface area contributed by atoms with Crippen molar-refractivity contribution >= 4 is 5.91 Å². The largest absolute Gasteiger partial charge is 0.396 e. The van der Waals surface area contributed by atoms with Crippen LogP contribution in [-0.4, -0.2) is 57.1 Å². The van der Waals surface area contributed by atoms with Crippen LogP contribution in [0.25, 0.3) is 0 Å². The standard InChI is InChI=1S/C20H29N5O2/c1-15-6-7-17(16(2)11-15)12-24-9-3-5-18(13-24)25-14-19(22-23-25)20(27)21-8-4-10-26/h6-7,11,14,18,26H,3-5,8-10,12-13H2,1-2H3,(H,21,27)/t18-/m0/s1. The second-order valence-electron chi connectivity index (χ2n) is 7.38. The van der Waals surface area contributed by atoms with E-state index in [1.54, 1.807) is 6.20 Å². The van der Waals surface area contributed by atoms with Crippen molar-refractivity contribution in [2.24, 2.45) is 0 Å². The van der Waals surface area contributed by atoms with Crippen LogP contribution in [0.5, 0.6) is 0 Å². The Bertz CT molecular complexity index is 773. The Morgan fingerprint density at radius 2 is 2.22 bits per heavy atom. The molecule has 3 rings (SSSR count). The van der Waals surface area contributed by atoms with Crippen LogP contribution in [0.4, 0.5) is 0 Å². The molecule has 1 fully saturated rings. The normalized spacial score (nSPS) is 17.8. The molecule has 0 saturated carbocycles. The third-order valence-electron chi connectivity index (χ3n) is 5.11. The quantitative estimate of drug-likeness (QED) is 0.726. The van der Waals surface area contributed by atoms with Gasteiger partial charge in [-0.15, -0.1) is 5.10 Å². The van der Waals surface area contributed by atoms with E-state index in [2.05, 4.69) is 52.6 Å². The van der Waals surface area contributed by atoms with Gasteiger partial charge in [-0.25, -0.2) is 4.68 Å². The number of amides is 1. The lowest BCUT2D eigenvalue weighted by Crippen LogP contribution is -2.36. The van der Waals surface area contributed by atoms with Crippen LogP contribution >= 0.6 is 0 Å². The summed E-state index contributed by atoms with van der Waals surface area (Å²) in [7, 11) is 0. The molecule has 146 valence electrons. The molecule has 7 nitrogen and oxygen atoms in total. The van der Waals surface area contributed by atoms with Gasteiger partial charge in [0.15, 0.2) is 5.69 Å². The van der Waals surface area contributed by atoms with Gasteiger partial charge in [-0.1, -0.05) is 29.0 Å². The SMILES string of the molecule is Cc1ccc(CN2CCC[C@H](n3cc(C(=O)NCCCO)nn3)C2)c(C)c1. The topological polar surface area (TPSA) is 83.3 Å². The average Bonchev–Trinajstić information content (AvgIpc) is 3.15. The van der Waals surface area contributed by atoms with Gasteiger partial charge in [0.1, 0.15) is 0 Å². The minimum atomic E-state index is -0.238. The number of aliphatic hydroxyl groups is 1. The molecule has 0 aliphatic carbocycles. The maximum Gasteiger partial charge on any atom is 0.273 e. The predicted molar refractivity (Wildman–Crippen MR) is 104 cm³/mol. The number of aromatic nitrogens is 3. The molecule has 2 aromatic rings. The molecule has 0 spiro atoms.